The molecule has 0 saturated heterocycles. The van der Waals surface area contributed by atoms with Gasteiger partial charge in [-0.25, -0.2) is 4.79 Å². The highest BCUT2D eigenvalue weighted by Crippen LogP contribution is 2.32. The Hall–Kier alpha value is -1.95. The van der Waals surface area contributed by atoms with E-state index in [1.807, 2.05) is 6.26 Å². The largest absolute Gasteiger partial charge is 0.457 e. The second-order valence-electron chi connectivity index (χ2n) is 4.43. The third-order valence-electron chi connectivity index (χ3n) is 3.01. The van der Waals surface area contributed by atoms with Gasteiger partial charge in [-0.15, -0.1) is 11.8 Å². The van der Waals surface area contributed by atoms with E-state index < -0.39 is 24.3 Å². The molecule has 0 radical (unpaired) electrons. The lowest BCUT2D eigenvalue weighted by Gasteiger charge is -2.13. The standard InChI is InChI=1S/C16H13F3O2S/c1-22-14-9-5-3-7-12(14)15(20)21-10-11-6-2-4-8-13(11)16(17,18)19/h2-9H,10H2,1H3. The first kappa shape index (κ1) is 16.4. The Morgan fingerprint density at radius 3 is 2.41 bits per heavy atom. The van der Waals surface area contributed by atoms with E-state index in [9.17, 15) is 18.0 Å². The minimum absolute atomic E-state index is 0.0648. The normalized spacial score (nSPS) is 11.3. The summed E-state index contributed by atoms with van der Waals surface area (Å²) in [6.07, 6.45) is -2.66. The smallest absolute Gasteiger partial charge is 0.416 e. The summed E-state index contributed by atoms with van der Waals surface area (Å²) in [4.78, 5) is 12.8. The van der Waals surface area contributed by atoms with Crippen LogP contribution in [0.5, 0.6) is 0 Å². The molecular weight excluding hydrogens is 313 g/mol. The van der Waals surface area contributed by atoms with Crippen molar-refractivity contribution >= 4 is 17.7 Å². The van der Waals surface area contributed by atoms with E-state index in [2.05, 4.69) is 0 Å². The summed E-state index contributed by atoms with van der Waals surface area (Å²) in [7, 11) is 0. The van der Waals surface area contributed by atoms with Crippen LogP contribution in [-0.4, -0.2) is 12.2 Å². The maximum absolute atomic E-state index is 12.9. The number of benzene rings is 2. The fourth-order valence-electron chi connectivity index (χ4n) is 1.96. The Balaban J connectivity index is 2.16. The van der Waals surface area contributed by atoms with Crippen LogP contribution in [0.25, 0.3) is 0 Å². The number of ether oxygens (including phenoxy) is 1. The number of hydrogen-bond acceptors (Lipinski definition) is 3. The molecule has 0 aliphatic rings. The molecule has 0 spiro atoms. The van der Waals surface area contributed by atoms with Gasteiger partial charge in [0, 0.05) is 10.5 Å². The topological polar surface area (TPSA) is 26.3 Å². The first-order chi connectivity index (χ1) is 10.4. The maximum Gasteiger partial charge on any atom is 0.416 e. The predicted molar refractivity (Wildman–Crippen MR) is 78.8 cm³/mol. The van der Waals surface area contributed by atoms with Crippen LogP contribution in [0.15, 0.2) is 53.4 Å². The summed E-state index contributed by atoms with van der Waals surface area (Å²) in [6, 6.07) is 11.9. The van der Waals surface area contributed by atoms with Crippen molar-refractivity contribution in [3.63, 3.8) is 0 Å². The van der Waals surface area contributed by atoms with Crippen molar-refractivity contribution in [2.24, 2.45) is 0 Å². The SMILES string of the molecule is CSc1ccccc1C(=O)OCc1ccccc1C(F)(F)F. The molecule has 0 fully saturated rings. The van der Waals surface area contributed by atoms with E-state index in [4.69, 9.17) is 4.74 Å². The Bertz CT molecular complexity index is 668. The van der Waals surface area contributed by atoms with Gasteiger partial charge in [0.2, 0.25) is 0 Å². The zero-order valence-corrected chi connectivity index (χ0v) is 12.5. The summed E-state index contributed by atoms with van der Waals surface area (Å²) in [5.74, 6) is -0.637. The number of alkyl halides is 3. The highest BCUT2D eigenvalue weighted by atomic mass is 32.2. The summed E-state index contributed by atoms with van der Waals surface area (Å²) in [5.41, 5.74) is -0.509. The number of hydrogen-bond donors (Lipinski definition) is 0. The van der Waals surface area contributed by atoms with Crippen LogP contribution < -0.4 is 0 Å². The molecule has 0 unspecified atom stereocenters. The van der Waals surface area contributed by atoms with Crippen molar-refractivity contribution in [3.05, 3.63) is 65.2 Å². The van der Waals surface area contributed by atoms with Gasteiger partial charge in [0.05, 0.1) is 11.1 Å². The first-order valence-corrected chi connectivity index (χ1v) is 7.61. The molecular formula is C16H13F3O2S. The average molecular weight is 326 g/mol. The quantitative estimate of drug-likeness (QED) is 0.597. The molecule has 0 heterocycles. The molecule has 0 N–H and O–H groups in total. The van der Waals surface area contributed by atoms with Crippen molar-refractivity contribution < 1.29 is 22.7 Å². The molecule has 2 nitrogen and oxygen atoms in total. The van der Waals surface area contributed by atoms with E-state index in [0.717, 1.165) is 11.0 Å². The third kappa shape index (κ3) is 3.82. The van der Waals surface area contributed by atoms with Crippen LogP contribution in [0.4, 0.5) is 13.2 Å². The van der Waals surface area contributed by atoms with E-state index in [0.29, 0.717) is 5.56 Å². The fraction of sp³-hybridized carbons (Fsp3) is 0.188. The Labute approximate surface area is 130 Å². The Morgan fingerprint density at radius 2 is 1.73 bits per heavy atom. The second kappa shape index (κ2) is 6.87. The number of esters is 1. The van der Waals surface area contributed by atoms with Crippen LogP contribution >= 0.6 is 11.8 Å². The summed E-state index contributed by atoms with van der Waals surface area (Å²) in [5, 5.41) is 0. The molecule has 0 aliphatic heterocycles. The molecule has 0 amide bonds. The molecule has 2 aromatic carbocycles. The zero-order chi connectivity index (χ0) is 16.2. The fourth-order valence-corrected chi connectivity index (χ4v) is 2.54. The van der Waals surface area contributed by atoms with E-state index >= 15 is 0 Å². The molecule has 116 valence electrons. The second-order valence-corrected chi connectivity index (χ2v) is 5.28. The highest BCUT2D eigenvalue weighted by molar-refractivity contribution is 7.98. The summed E-state index contributed by atoms with van der Waals surface area (Å²) >= 11 is 1.37. The van der Waals surface area contributed by atoms with Gasteiger partial charge < -0.3 is 4.74 Å². The zero-order valence-electron chi connectivity index (χ0n) is 11.7. The minimum Gasteiger partial charge on any atom is -0.457 e. The van der Waals surface area contributed by atoms with E-state index in [1.54, 1.807) is 24.3 Å². The van der Waals surface area contributed by atoms with E-state index in [-0.39, 0.29) is 5.56 Å². The maximum atomic E-state index is 12.9. The number of carbonyl (C=O) groups is 1. The molecule has 6 heteroatoms. The molecule has 0 aromatic heterocycles. The number of rotatable bonds is 4. The van der Waals surface area contributed by atoms with Crippen molar-refractivity contribution in [2.45, 2.75) is 17.7 Å². The molecule has 0 aliphatic carbocycles. The summed E-state index contributed by atoms with van der Waals surface area (Å²) in [6.45, 7) is -0.419. The van der Waals surface area contributed by atoms with Gasteiger partial charge in [-0.2, -0.15) is 13.2 Å². The van der Waals surface area contributed by atoms with E-state index in [1.165, 1.54) is 30.0 Å². The lowest BCUT2D eigenvalue weighted by Crippen LogP contribution is -2.12. The third-order valence-corrected chi connectivity index (χ3v) is 3.80. The monoisotopic (exact) mass is 326 g/mol. The number of halogens is 3. The Morgan fingerprint density at radius 1 is 1.09 bits per heavy atom. The molecule has 2 rings (SSSR count). The molecule has 0 bridgehead atoms. The number of thioether (sulfide) groups is 1. The van der Waals surface area contributed by atoms with Gasteiger partial charge in [0.25, 0.3) is 0 Å². The van der Waals surface area contributed by atoms with Gasteiger partial charge in [-0.3, -0.25) is 0 Å². The number of carbonyl (C=O) groups excluding carboxylic acids is 1. The lowest BCUT2D eigenvalue weighted by atomic mass is 10.1. The van der Waals surface area contributed by atoms with Gasteiger partial charge >= 0.3 is 12.1 Å². The van der Waals surface area contributed by atoms with Crippen LogP contribution in [0.2, 0.25) is 0 Å². The van der Waals surface area contributed by atoms with Crippen molar-refractivity contribution in [2.75, 3.05) is 6.26 Å². The molecule has 0 saturated carbocycles. The van der Waals surface area contributed by atoms with Crippen molar-refractivity contribution in [1.82, 2.24) is 0 Å². The van der Waals surface area contributed by atoms with Gasteiger partial charge in [-0.05, 0) is 24.5 Å². The summed E-state index contributed by atoms with van der Waals surface area (Å²) < 4.78 is 43.7. The van der Waals surface area contributed by atoms with Gasteiger partial charge in [0.15, 0.2) is 0 Å². The Kier molecular flexibility index (Phi) is 5.13. The minimum atomic E-state index is -4.47. The predicted octanol–water partition coefficient (Wildman–Crippen LogP) is 4.78. The van der Waals surface area contributed by atoms with Crippen LogP contribution in [0.1, 0.15) is 21.5 Å². The average Bonchev–Trinajstić information content (AvgIpc) is 2.52. The van der Waals surface area contributed by atoms with Gasteiger partial charge in [-0.1, -0.05) is 30.3 Å². The van der Waals surface area contributed by atoms with Gasteiger partial charge in [0.1, 0.15) is 6.61 Å². The van der Waals surface area contributed by atoms with Crippen LogP contribution in [0, 0.1) is 0 Å². The molecule has 0 atom stereocenters. The molecule has 22 heavy (non-hydrogen) atoms. The molecule has 2 aromatic rings. The van der Waals surface area contributed by atoms with Crippen LogP contribution in [-0.2, 0) is 17.5 Å². The lowest BCUT2D eigenvalue weighted by molar-refractivity contribution is -0.138. The van der Waals surface area contributed by atoms with Crippen LogP contribution in [0.3, 0.4) is 0 Å². The first-order valence-electron chi connectivity index (χ1n) is 6.38. The van der Waals surface area contributed by atoms with Crippen molar-refractivity contribution in [3.8, 4) is 0 Å². The van der Waals surface area contributed by atoms with Crippen molar-refractivity contribution in [1.29, 1.82) is 0 Å². The highest BCUT2D eigenvalue weighted by Gasteiger charge is 2.33.